The third-order valence-corrected chi connectivity index (χ3v) is 4.59. The normalized spacial score (nSPS) is 16.8. The molecular weight excluding hydrogens is 331 g/mol. The van der Waals surface area contributed by atoms with Crippen LogP contribution in [0.4, 0.5) is 4.39 Å². The topological polar surface area (TPSA) is 32.8 Å². The van der Waals surface area contributed by atoms with Crippen molar-refractivity contribution in [1.29, 1.82) is 0 Å². The number of likely N-dealkylation sites (N-methyl/N-ethyl adjacent to an activating group) is 1. The average molecular weight is 356 g/mol. The Bertz CT molecular complexity index is 774. The predicted octanol–water partition coefficient (Wildman–Crippen LogP) is 3.03. The summed E-state index contributed by atoms with van der Waals surface area (Å²) < 4.78 is 19.1. The number of carbonyl (C=O) groups is 1. The summed E-state index contributed by atoms with van der Waals surface area (Å²) in [5.74, 6) is 0.581. The molecule has 0 saturated carbocycles. The monoisotopic (exact) mass is 356 g/mol. The molecule has 0 aliphatic carbocycles. The van der Waals surface area contributed by atoms with Crippen LogP contribution in [-0.4, -0.2) is 49.0 Å². The Kier molecular flexibility index (Phi) is 5.57. The predicted molar refractivity (Wildman–Crippen MR) is 99.7 cm³/mol. The summed E-state index contributed by atoms with van der Waals surface area (Å²) in [6.45, 7) is 3.74. The number of hydrogen-bond acceptors (Lipinski definition) is 3. The molecule has 1 unspecified atom stereocenters. The first-order valence-corrected chi connectivity index (χ1v) is 8.83. The van der Waals surface area contributed by atoms with Crippen LogP contribution < -0.4 is 4.74 Å². The lowest BCUT2D eigenvalue weighted by Gasteiger charge is -2.31. The van der Waals surface area contributed by atoms with E-state index in [0.29, 0.717) is 13.2 Å². The fraction of sp³-hybridized carbons (Fsp3) is 0.381. The van der Waals surface area contributed by atoms with Gasteiger partial charge in [0.25, 0.3) is 0 Å². The standard InChI is InChI=1S/C21H25FN2O2/c1-15-4-9-20-17(10-15)12-24(19(14-26-20)13-23(2)3)21(25)11-16-5-7-18(22)8-6-16/h4-10,19H,11-14H2,1-3H3. The zero-order valence-corrected chi connectivity index (χ0v) is 15.5. The van der Waals surface area contributed by atoms with Crippen LogP contribution in [0.3, 0.4) is 0 Å². The Morgan fingerprint density at radius 1 is 1.23 bits per heavy atom. The average Bonchev–Trinajstić information content (AvgIpc) is 2.76. The number of carbonyl (C=O) groups excluding carboxylic acids is 1. The van der Waals surface area contributed by atoms with E-state index in [4.69, 9.17) is 4.74 Å². The summed E-state index contributed by atoms with van der Waals surface area (Å²) in [5, 5.41) is 0. The highest BCUT2D eigenvalue weighted by molar-refractivity contribution is 5.79. The molecule has 0 bridgehead atoms. The molecular formula is C21H25FN2O2. The van der Waals surface area contributed by atoms with E-state index in [9.17, 15) is 9.18 Å². The van der Waals surface area contributed by atoms with Gasteiger partial charge >= 0.3 is 0 Å². The summed E-state index contributed by atoms with van der Waals surface area (Å²) in [5.41, 5.74) is 2.98. The van der Waals surface area contributed by atoms with Crippen molar-refractivity contribution >= 4 is 5.91 Å². The Labute approximate surface area is 154 Å². The first-order chi connectivity index (χ1) is 12.4. The van der Waals surface area contributed by atoms with Gasteiger partial charge in [-0.25, -0.2) is 4.39 Å². The molecule has 1 atom stereocenters. The second kappa shape index (κ2) is 7.87. The summed E-state index contributed by atoms with van der Waals surface area (Å²) >= 11 is 0. The van der Waals surface area contributed by atoms with E-state index in [0.717, 1.165) is 29.0 Å². The van der Waals surface area contributed by atoms with Crippen molar-refractivity contribution in [3.63, 3.8) is 0 Å². The van der Waals surface area contributed by atoms with E-state index in [1.807, 2.05) is 38.1 Å². The van der Waals surface area contributed by atoms with Crippen LogP contribution in [0.25, 0.3) is 0 Å². The molecule has 0 N–H and O–H groups in total. The van der Waals surface area contributed by atoms with E-state index in [2.05, 4.69) is 11.0 Å². The number of ether oxygens (including phenoxy) is 1. The Hall–Kier alpha value is -2.40. The van der Waals surface area contributed by atoms with E-state index in [-0.39, 0.29) is 24.2 Å². The number of rotatable bonds is 4. The number of aryl methyl sites for hydroxylation is 1. The zero-order valence-electron chi connectivity index (χ0n) is 15.5. The molecule has 2 aromatic carbocycles. The summed E-state index contributed by atoms with van der Waals surface area (Å²) in [6, 6.07) is 12.2. The molecule has 138 valence electrons. The van der Waals surface area contributed by atoms with Gasteiger partial charge in [-0.2, -0.15) is 0 Å². The smallest absolute Gasteiger partial charge is 0.227 e. The molecule has 26 heavy (non-hydrogen) atoms. The number of halogens is 1. The van der Waals surface area contributed by atoms with Gasteiger partial charge in [0.2, 0.25) is 5.91 Å². The van der Waals surface area contributed by atoms with Crippen molar-refractivity contribution in [3.05, 3.63) is 65.0 Å². The maximum atomic E-state index is 13.1. The molecule has 2 aromatic rings. The van der Waals surface area contributed by atoms with Crippen molar-refractivity contribution in [2.45, 2.75) is 25.9 Å². The summed E-state index contributed by atoms with van der Waals surface area (Å²) in [7, 11) is 3.98. The third kappa shape index (κ3) is 4.41. The highest BCUT2D eigenvalue weighted by Gasteiger charge is 2.29. The van der Waals surface area contributed by atoms with Gasteiger partial charge in [0.1, 0.15) is 18.2 Å². The first-order valence-electron chi connectivity index (χ1n) is 8.83. The van der Waals surface area contributed by atoms with Crippen LogP contribution in [-0.2, 0) is 17.8 Å². The largest absolute Gasteiger partial charge is 0.491 e. The fourth-order valence-corrected chi connectivity index (χ4v) is 3.30. The first kappa shape index (κ1) is 18.4. The molecule has 0 spiro atoms. The second-order valence-electron chi connectivity index (χ2n) is 7.16. The van der Waals surface area contributed by atoms with Crippen LogP contribution >= 0.6 is 0 Å². The highest BCUT2D eigenvalue weighted by Crippen LogP contribution is 2.27. The number of benzene rings is 2. The molecule has 1 amide bonds. The maximum Gasteiger partial charge on any atom is 0.227 e. The van der Waals surface area contributed by atoms with Crippen molar-refractivity contribution < 1.29 is 13.9 Å². The van der Waals surface area contributed by atoms with Crippen molar-refractivity contribution in [1.82, 2.24) is 9.80 Å². The van der Waals surface area contributed by atoms with Gasteiger partial charge in [0.15, 0.2) is 0 Å². The van der Waals surface area contributed by atoms with E-state index in [1.165, 1.54) is 12.1 Å². The lowest BCUT2D eigenvalue weighted by atomic mass is 10.1. The van der Waals surface area contributed by atoms with Crippen LogP contribution in [0.15, 0.2) is 42.5 Å². The van der Waals surface area contributed by atoms with Gasteiger partial charge in [-0.05, 0) is 44.8 Å². The quantitative estimate of drug-likeness (QED) is 0.844. The number of nitrogens with zero attached hydrogens (tertiary/aromatic N) is 2. The molecule has 0 aromatic heterocycles. The van der Waals surface area contributed by atoms with E-state index in [1.54, 1.807) is 12.1 Å². The number of amides is 1. The number of hydrogen-bond donors (Lipinski definition) is 0. The third-order valence-electron chi connectivity index (χ3n) is 4.59. The van der Waals surface area contributed by atoms with Crippen LogP contribution in [0.2, 0.25) is 0 Å². The van der Waals surface area contributed by atoms with Gasteiger partial charge < -0.3 is 14.5 Å². The van der Waals surface area contributed by atoms with Gasteiger partial charge in [-0.1, -0.05) is 29.8 Å². The molecule has 0 fully saturated rings. The summed E-state index contributed by atoms with van der Waals surface area (Å²) in [6.07, 6.45) is 0.255. The Morgan fingerprint density at radius 2 is 1.96 bits per heavy atom. The Morgan fingerprint density at radius 3 is 2.65 bits per heavy atom. The fourth-order valence-electron chi connectivity index (χ4n) is 3.30. The molecule has 1 aliphatic rings. The lowest BCUT2D eigenvalue weighted by Crippen LogP contribution is -2.47. The highest BCUT2D eigenvalue weighted by atomic mass is 19.1. The maximum absolute atomic E-state index is 13.1. The minimum Gasteiger partial charge on any atom is -0.491 e. The number of fused-ring (bicyclic) bond motifs is 1. The van der Waals surface area contributed by atoms with Gasteiger partial charge in [-0.3, -0.25) is 4.79 Å². The van der Waals surface area contributed by atoms with E-state index < -0.39 is 0 Å². The second-order valence-corrected chi connectivity index (χ2v) is 7.16. The molecule has 1 aliphatic heterocycles. The zero-order chi connectivity index (χ0) is 18.7. The van der Waals surface area contributed by atoms with Crippen LogP contribution in [0.5, 0.6) is 5.75 Å². The van der Waals surface area contributed by atoms with Gasteiger partial charge in [-0.15, -0.1) is 0 Å². The molecule has 3 rings (SSSR count). The minimum absolute atomic E-state index is 0.0291. The van der Waals surface area contributed by atoms with E-state index >= 15 is 0 Å². The van der Waals surface area contributed by atoms with Crippen molar-refractivity contribution in [2.24, 2.45) is 0 Å². The molecule has 0 radical (unpaired) electrons. The molecule has 5 heteroatoms. The molecule has 0 saturated heterocycles. The van der Waals surface area contributed by atoms with Crippen LogP contribution in [0.1, 0.15) is 16.7 Å². The van der Waals surface area contributed by atoms with Gasteiger partial charge in [0, 0.05) is 18.7 Å². The molecule has 1 heterocycles. The molecule has 4 nitrogen and oxygen atoms in total. The lowest BCUT2D eigenvalue weighted by molar-refractivity contribution is -0.134. The van der Waals surface area contributed by atoms with Crippen molar-refractivity contribution in [2.75, 3.05) is 27.2 Å². The van der Waals surface area contributed by atoms with Crippen molar-refractivity contribution in [3.8, 4) is 5.75 Å². The minimum atomic E-state index is -0.292. The summed E-state index contributed by atoms with van der Waals surface area (Å²) in [4.78, 5) is 17.0. The SMILES string of the molecule is Cc1ccc2c(c1)CN(C(=O)Cc1ccc(F)cc1)C(CN(C)C)CO2. The Balaban J connectivity index is 1.85. The van der Waals surface area contributed by atoms with Gasteiger partial charge in [0.05, 0.1) is 12.5 Å². The van der Waals surface area contributed by atoms with Crippen LogP contribution in [0, 0.1) is 12.7 Å².